The normalized spacial score (nSPS) is 37.7. The Morgan fingerprint density at radius 3 is 2.41 bits per heavy atom. The second-order valence-corrected chi connectivity index (χ2v) is 13.3. The largest absolute Gasteiger partial charge is 0.456 e. The fourth-order valence-electron chi connectivity index (χ4n) is 9.24. The lowest BCUT2D eigenvalue weighted by Gasteiger charge is -2.57. The number of rotatable bonds is 3. The van der Waals surface area contributed by atoms with Crippen LogP contribution in [0.15, 0.2) is 46.6 Å². The van der Waals surface area contributed by atoms with Crippen LogP contribution in [0.2, 0.25) is 0 Å². The third-order valence-corrected chi connectivity index (χ3v) is 11.3. The zero-order chi connectivity index (χ0) is 29.4. The Kier molecular flexibility index (Phi) is 6.94. The van der Waals surface area contributed by atoms with Crippen LogP contribution in [0.25, 0.3) is 0 Å². The number of nitrogens with zero attached hydrogens (tertiary/aromatic N) is 1. The first-order valence-electron chi connectivity index (χ1n) is 15.1. The van der Waals surface area contributed by atoms with Gasteiger partial charge >= 0.3 is 12.1 Å². The molecule has 0 radical (unpaired) electrons. The molecule has 0 aromatic heterocycles. The molecule has 1 amide bonds. The molecule has 224 valence electrons. The first kappa shape index (κ1) is 28.8. The molecule has 5 aliphatic carbocycles. The number of allylic oxidation sites excluding steroid dienone is 6. The molecule has 2 saturated carbocycles. The number of hydrogen-bond donors (Lipinski definition) is 1. The summed E-state index contributed by atoms with van der Waals surface area (Å²) in [5.41, 5.74) is -1.15. The molecule has 0 aromatic carbocycles. The number of alkyl halides is 5. The van der Waals surface area contributed by atoms with Gasteiger partial charge in [0.25, 0.3) is 5.91 Å². The molecule has 6 aliphatic rings. The smallest absolute Gasteiger partial charge is 0.383 e. The van der Waals surface area contributed by atoms with Crippen molar-refractivity contribution in [2.24, 2.45) is 29.1 Å². The molecule has 0 spiro atoms. The van der Waals surface area contributed by atoms with Crippen molar-refractivity contribution < 1.29 is 36.6 Å². The number of piperidine rings is 1. The summed E-state index contributed by atoms with van der Waals surface area (Å²) in [7, 11) is 0. The fraction of sp³-hybridized carbons (Fsp3) is 0.688. The summed E-state index contributed by atoms with van der Waals surface area (Å²) in [5, 5.41) is 11.4. The summed E-state index contributed by atoms with van der Waals surface area (Å²) in [5.74, 6) is -6.55. The average molecular weight is 580 g/mol. The number of hydrogen-bond acceptors (Lipinski definition) is 3. The SMILES string of the molecule is CC12CC(C3C=CC(C(=O)N4CCCCC4)=CC3)C3=C4CCC(=O)C=C4CCC3[C@@H]1CC[C@@]2(O)C(F)(F)C(F)(F)F. The molecule has 6 rings (SSSR count). The van der Waals surface area contributed by atoms with E-state index in [2.05, 4.69) is 0 Å². The van der Waals surface area contributed by atoms with Gasteiger partial charge in [-0.1, -0.05) is 30.7 Å². The van der Waals surface area contributed by atoms with Gasteiger partial charge < -0.3 is 10.0 Å². The first-order chi connectivity index (χ1) is 19.3. The molecular formula is C32H38F5NO3. The van der Waals surface area contributed by atoms with Gasteiger partial charge in [-0.3, -0.25) is 9.59 Å². The number of fused-ring (bicyclic) bond motifs is 4. The highest BCUT2D eigenvalue weighted by Gasteiger charge is 2.79. The molecule has 1 heterocycles. The third-order valence-electron chi connectivity index (χ3n) is 11.3. The Balaban J connectivity index is 1.38. The van der Waals surface area contributed by atoms with Gasteiger partial charge in [-0.25, -0.2) is 0 Å². The number of carbonyl (C=O) groups excluding carboxylic acids is 2. The zero-order valence-corrected chi connectivity index (χ0v) is 23.4. The van der Waals surface area contributed by atoms with Crippen molar-refractivity contribution >= 4 is 11.7 Å². The van der Waals surface area contributed by atoms with E-state index in [0.717, 1.165) is 36.0 Å². The van der Waals surface area contributed by atoms with E-state index in [-0.39, 0.29) is 42.3 Å². The van der Waals surface area contributed by atoms with Crippen LogP contribution < -0.4 is 0 Å². The Morgan fingerprint density at radius 1 is 1.02 bits per heavy atom. The number of carbonyl (C=O) groups is 2. The molecule has 4 unspecified atom stereocenters. The molecule has 0 bridgehead atoms. The van der Waals surface area contributed by atoms with E-state index in [0.29, 0.717) is 50.8 Å². The van der Waals surface area contributed by atoms with Crippen molar-refractivity contribution in [3.05, 3.63) is 46.6 Å². The quantitative estimate of drug-likeness (QED) is 0.372. The lowest BCUT2D eigenvalue weighted by atomic mass is 9.49. The van der Waals surface area contributed by atoms with Crippen LogP contribution in [0.5, 0.6) is 0 Å². The maximum atomic E-state index is 15.2. The van der Waals surface area contributed by atoms with Crippen LogP contribution in [-0.2, 0) is 9.59 Å². The molecule has 0 aromatic rings. The van der Waals surface area contributed by atoms with Gasteiger partial charge in [-0.05, 0) is 105 Å². The highest BCUT2D eigenvalue weighted by molar-refractivity contribution is 5.96. The summed E-state index contributed by atoms with van der Waals surface area (Å²) in [6.07, 6.45) is 6.44. The Morgan fingerprint density at radius 2 is 1.76 bits per heavy atom. The molecular weight excluding hydrogens is 541 g/mol. The van der Waals surface area contributed by atoms with Gasteiger partial charge in [0, 0.05) is 30.5 Å². The van der Waals surface area contributed by atoms with Crippen LogP contribution in [0, 0.1) is 29.1 Å². The number of amides is 1. The Bertz CT molecular complexity index is 1260. The second kappa shape index (κ2) is 9.88. The molecule has 41 heavy (non-hydrogen) atoms. The van der Waals surface area contributed by atoms with Crippen molar-refractivity contribution in [1.29, 1.82) is 0 Å². The topological polar surface area (TPSA) is 57.6 Å². The van der Waals surface area contributed by atoms with Crippen molar-refractivity contribution in [2.75, 3.05) is 13.1 Å². The van der Waals surface area contributed by atoms with Crippen molar-refractivity contribution in [3.63, 3.8) is 0 Å². The maximum Gasteiger partial charge on any atom is 0.456 e. The highest BCUT2D eigenvalue weighted by atomic mass is 19.4. The standard InChI is InChI=1S/C32H38F5NO3/c1-29-18-25(19-5-7-20(8-6-19)28(40)38-15-3-2-4-16-38)27-23-12-10-22(39)17-21(23)9-11-24(27)26(29)13-14-30(29,41)31(33,34)32(35,36)37/h5,7-8,17,19,24-26,41H,2-4,6,9-16,18H2,1H3/t19?,24?,25?,26-,29?,30-/m0/s1. The second-order valence-electron chi connectivity index (χ2n) is 13.3. The lowest BCUT2D eigenvalue weighted by molar-refractivity contribution is -0.363. The van der Waals surface area contributed by atoms with Crippen LogP contribution in [0.3, 0.4) is 0 Å². The van der Waals surface area contributed by atoms with Gasteiger partial charge in [-0.15, -0.1) is 0 Å². The highest BCUT2D eigenvalue weighted by Crippen LogP contribution is 2.70. The van der Waals surface area contributed by atoms with Crippen molar-refractivity contribution in [1.82, 2.24) is 4.90 Å². The van der Waals surface area contributed by atoms with Gasteiger partial charge in [0.2, 0.25) is 0 Å². The number of ketones is 1. The molecule has 1 aliphatic heterocycles. The third kappa shape index (κ3) is 4.30. The van der Waals surface area contributed by atoms with Crippen molar-refractivity contribution in [2.45, 2.75) is 95.3 Å². The minimum absolute atomic E-state index is 0.00531. The minimum Gasteiger partial charge on any atom is -0.383 e. The lowest BCUT2D eigenvalue weighted by Crippen LogP contribution is -2.65. The van der Waals surface area contributed by atoms with Gasteiger partial charge in [0.15, 0.2) is 5.78 Å². The number of aliphatic hydroxyl groups is 1. The predicted molar refractivity (Wildman–Crippen MR) is 143 cm³/mol. The van der Waals surface area contributed by atoms with E-state index in [1.807, 2.05) is 17.1 Å². The van der Waals surface area contributed by atoms with Crippen molar-refractivity contribution in [3.8, 4) is 0 Å². The predicted octanol–water partition coefficient (Wildman–Crippen LogP) is 6.86. The summed E-state index contributed by atoms with van der Waals surface area (Å²) >= 11 is 0. The van der Waals surface area contributed by atoms with E-state index >= 15 is 8.78 Å². The van der Waals surface area contributed by atoms with Gasteiger partial charge in [-0.2, -0.15) is 22.0 Å². The molecule has 4 nitrogen and oxygen atoms in total. The summed E-state index contributed by atoms with van der Waals surface area (Å²) in [6.45, 7) is 2.88. The van der Waals surface area contributed by atoms with Crippen LogP contribution in [-0.4, -0.2) is 52.5 Å². The summed E-state index contributed by atoms with van der Waals surface area (Å²) < 4.78 is 71.6. The molecule has 6 atom stereocenters. The number of halogens is 5. The van der Waals surface area contributed by atoms with Crippen LogP contribution in [0.4, 0.5) is 22.0 Å². The molecule has 1 N–H and O–H groups in total. The fourth-order valence-corrected chi connectivity index (χ4v) is 9.24. The molecule has 9 heteroatoms. The maximum absolute atomic E-state index is 15.2. The van der Waals surface area contributed by atoms with Gasteiger partial charge in [0.1, 0.15) is 5.60 Å². The zero-order valence-electron chi connectivity index (χ0n) is 23.4. The monoisotopic (exact) mass is 579 g/mol. The number of likely N-dealkylation sites (tertiary alicyclic amines) is 1. The summed E-state index contributed by atoms with van der Waals surface area (Å²) in [4.78, 5) is 27.2. The van der Waals surface area contributed by atoms with E-state index in [1.54, 1.807) is 12.2 Å². The molecule has 1 saturated heterocycles. The Labute approximate surface area is 237 Å². The first-order valence-corrected chi connectivity index (χ1v) is 15.1. The minimum atomic E-state index is -5.86. The van der Waals surface area contributed by atoms with Crippen LogP contribution in [0.1, 0.15) is 77.6 Å². The average Bonchev–Trinajstić information content (AvgIpc) is 3.23. The van der Waals surface area contributed by atoms with E-state index < -0.39 is 35.5 Å². The Hall–Kier alpha value is -2.29. The molecule has 3 fully saturated rings. The van der Waals surface area contributed by atoms with E-state index in [4.69, 9.17) is 0 Å². The van der Waals surface area contributed by atoms with Gasteiger partial charge in [0.05, 0.1) is 0 Å². The van der Waals surface area contributed by atoms with E-state index in [9.17, 15) is 27.9 Å². The van der Waals surface area contributed by atoms with E-state index in [1.165, 1.54) is 6.92 Å². The summed E-state index contributed by atoms with van der Waals surface area (Å²) in [6, 6.07) is 0. The van der Waals surface area contributed by atoms with Crippen LogP contribution >= 0.6 is 0 Å².